The number of carboxylic acids is 2. The van der Waals surface area contributed by atoms with Gasteiger partial charge in [0.2, 0.25) is 6.10 Å². The number of halogens is 1. The molecule has 0 aromatic carbocycles. The number of pyridine rings is 1. The standard InChI is InChI=1S/C25H26ClN9O7S2/c1-11(23(38)39)42-32-16(15-19(26)44-25(28)31-15)20(36)30-17-21(37)35-18(24(40)41)12(9-43-22(17)35)7-33-6-3-14-13(8-33)29-10-34(14)5-2-4-27/h3,6,8,10-11,17,22H,2,4-5,7,9,27H2,1H3,(H4-,28,30,31,36,38,39,40,41)/p+1/t11-,17+,22?/m0/s1. The molecule has 0 radical (unpaired) electrons. The van der Waals surface area contributed by atoms with Gasteiger partial charge in [-0.1, -0.05) is 28.1 Å². The first kappa shape index (κ1) is 31.2. The number of nitrogens with zero attached hydrogens (tertiary/aromatic N) is 6. The number of aromatic nitrogens is 4. The highest BCUT2D eigenvalue weighted by Gasteiger charge is 2.55. The number of oxime groups is 1. The Morgan fingerprint density at radius 1 is 1.36 bits per heavy atom. The molecule has 1 fully saturated rings. The zero-order chi connectivity index (χ0) is 31.7. The number of nitrogens with one attached hydrogen (secondary N) is 1. The Labute approximate surface area is 262 Å². The molecular weight excluding hydrogens is 638 g/mol. The molecule has 2 aliphatic rings. The summed E-state index contributed by atoms with van der Waals surface area (Å²) in [6, 6.07) is 0.781. The second-order valence-corrected chi connectivity index (χ2v) is 12.5. The maximum atomic E-state index is 13.3. The van der Waals surface area contributed by atoms with E-state index in [1.54, 1.807) is 10.9 Å². The highest BCUT2D eigenvalue weighted by atomic mass is 35.5. The Hall–Kier alpha value is -4.26. The number of carboxylic acid groups (broad SMARTS) is 2. The van der Waals surface area contributed by atoms with Gasteiger partial charge in [-0.2, -0.15) is 4.57 Å². The van der Waals surface area contributed by atoms with Gasteiger partial charge < -0.3 is 36.4 Å². The zero-order valence-electron chi connectivity index (χ0n) is 23.0. The first-order valence-corrected chi connectivity index (χ1v) is 15.4. The second-order valence-electron chi connectivity index (χ2n) is 9.79. The summed E-state index contributed by atoms with van der Waals surface area (Å²) in [6.45, 7) is 2.69. The largest absolute Gasteiger partial charge is 0.478 e. The molecule has 1 saturated heterocycles. The summed E-state index contributed by atoms with van der Waals surface area (Å²) in [7, 11) is 0. The van der Waals surface area contributed by atoms with E-state index in [1.807, 2.05) is 23.0 Å². The molecule has 0 saturated carbocycles. The van der Waals surface area contributed by atoms with E-state index in [0.29, 0.717) is 12.1 Å². The Morgan fingerprint density at radius 3 is 2.80 bits per heavy atom. The van der Waals surface area contributed by atoms with E-state index in [4.69, 9.17) is 33.0 Å². The Bertz CT molecular complexity index is 1720. The number of amides is 2. The van der Waals surface area contributed by atoms with Crippen LogP contribution in [0.4, 0.5) is 5.13 Å². The van der Waals surface area contributed by atoms with Crippen LogP contribution in [-0.4, -0.2) is 88.9 Å². The fourth-order valence-corrected chi connectivity index (χ4v) is 6.92. The number of aliphatic carboxylic acids is 2. The topological polar surface area (TPSA) is 232 Å². The van der Waals surface area contributed by atoms with Crippen molar-refractivity contribution in [2.75, 3.05) is 18.0 Å². The molecule has 44 heavy (non-hydrogen) atoms. The number of nitrogen functional groups attached to an aromatic ring is 1. The second kappa shape index (κ2) is 12.8. The van der Waals surface area contributed by atoms with Crippen LogP contribution >= 0.6 is 34.7 Å². The summed E-state index contributed by atoms with van der Waals surface area (Å²) in [6.07, 6.45) is 4.75. The van der Waals surface area contributed by atoms with Crippen LogP contribution < -0.4 is 21.4 Å². The fourth-order valence-electron chi connectivity index (χ4n) is 4.66. The minimum absolute atomic E-state index is 0.00432. The van der Waals surface area contributed by atoms with E-state index in [0.717, 1.165) is 40.2 Å². The highest BCUT2D eigenvalue weighted by molar-refractivity contribution is 8.00. The number of carbonyl (C=O) groups excluding carboxylic acids is 2. The monoisotopic (exact) mass is 664 g/mol. The molecular formula is C25H27ClN9O7S2+. The van der Waals surface area contributed by atoms with Gasteiger partial charge in [-0.3, -0.25) is 14.5 Å². The lowest BCUT2D eigenvalue weighted by atomic mass is 10.0. The van der Waals surface area contributed by atoms with Crippen LogP contribution in [-0.2, 0) is 37.1 Å². The van der Waals surface area contributed by atoms with Crippen LogP contribution in [0.5, 0.6) is 0 Å². The van der Waals surface area contributed by atoms with Crippen LogP contribution in [0, 0.1) is 0 Å². The van der Waals surface area contributed by atoms with Gasteiger partial charge in [0, 0.05) is 23.9 Å². The van der Waals surface area contributed by atoms with Crippen molar-refractivity contribution in [3.63, 3.8) is 0 Å². The van der Waals surface area contributed by atoms with Crippen LogP contribution in [0.3, 0.4) is 0 Å². The summed E-state index contributed by atoms with van der Waals surface area (Å²) >= 11 is 8.30. The number of rotatable bonds is 12. The molecule has 3 aromatic heterocycles. The van der Waals surface area contributed by atoms with Crippen LogP contribution in [0.25, 0.3) is 11.0 Å². The van der Waals surface area contributed by atoms with Gasteiger partial charge >= 0.3 is 11.9 Å². The average molecular weight is 665 g/mol. The fraction of sp³-hybridized carbons (Fsp3) is 0.360. The number of anilines is 1. The van der Waals surface area contributed by atoms with Crippen LogP contribution in [0.15, 0.2) is 41.2 Å². The Balaban J connectivity index is 1.35. The molecule has 0 bridgehead atoms. The molecule has 5 rings (SSSR count). The van der Waals surface area contributed by atoms with Crippen molar-refractivity contribution in [1.29, 1.82) is 0 Å². The van der Waals surface area contributed by atoms with Crippen molar-refractivity contribution in [3.05, 3.63) is 46.1 Å². The smallest absolute Gasteiger partial charge is 0.352 e. The van der Waals surface area contributed by atoms with Gasteiger partial charge in [-0.05, 0) is 19.9 Å². The van der Waals surface area contributed by atoms with Crippen LogP contribution in [0.1, 0.15) is 19.0 Å². The number of thioether (sulfide) groups is 1. The van der Waals surface area contributed by atoms with E-state index in [2.05, 4.69) is 20.4 Å². The van der Waals surface area contributed by atoms with Gasteiger partial charge in [0.1, 0.15) is 27.1 Å². The van der Waals surface area contributed by atoms with Crippen molar-refractivity contribution in [1.82, 2.24) is 24.8 Å². The third-order valence-corrected chi connectivity index (χ3v) is 9.25. The lowest BCUT2D eigenvalue weighted by Gasteiger charge is -2.49. The van der Waals surface area contributed by atoms with Crippen molar-refractivity contribution in [2.45, 2.75) is 44.0 Å². The molecule has 5 heterocycles. The molecule has 19 heteroatoms. The average Bonchev–Trinajstić information content (AvgIpc) is 3.55. The quantitative estimate of drug-likeness (QED) is 0.0745. The Kier molecular flexibility index (Phi) is 9.05. The summed E-state index contributed by atoms with van der Waals surface area (Å²) in [5.74, 6) is -3.92. The van der Waals surface area contributed by atoms with Crippen molar-refractivity contribution < 1.29 is 38.8 Å². The minimum atomic E-state index is -1.41. The third-order valence-electron chi connectivity index (χ3n) is 6.82. The summed E-state index contributed by atoms with van der Waals surface area (Å²) in [4.78, 5) is 64.6. The lowest BCUT2D eigenvalue weighted by molar-refractivity contribution is -0.687. The number of nitrogens with two attached hydrogens (primary N) is 2. The van der Waals surface area contributed by atoms with E-state index in [9.17, 15) is 24.3 Å². The summed E-state index contributed by atoms with van der Waals surface area (Å²) in [5, 5.41) is 24.7. The summed E-state index contributed by atoms with van der Waals surface area (Å²) < 4.78 is 3.79. The number of fused-ring (bicyclic) bond motifs is 2. The van der Waals surface area contributed by atoms with Crippen molar-refractivity contribution >= 4 is 80.3 Å². The SMILES string of the molecule is C[C@H](ON=C(C(=O)N[C@@H]1C(=O)N2C(C(=O)O)=C(C[n+]3ccc4c(c3)ncn4CCCN)CSC12)c1nc(N)sc1Cl)C(=O)O. The predicted molar refractivity (Wildman–Crippen MR) is 160 cm³/mol. The number of carbonyl (C=O) groups is 4. The minimum Gasteiger partial charge on any atom is -0.478 e. The number of hydrogen-bond acceptors (Lipinski definition) is 12. The molecule has 0 aliphatic carbocycles. The Morgan fingerprint density at radius 2 is 2.14 bits per heavy atom. The molecule has 3 atom stereocenters. The van der Waals surface area contributed by atoms with E-state index in [-0.39, 0.29) is 33.2 Å². The number of hydrogen-bond donors (Lipinski definition) is 5. The molecule has 232 valence electrons. The van der Waals surface area contributed by atoms with Gasteiger partial charge in [0.25, 0.3) is 11.8 Å². The third kappa shape index (κ3) is 6.05. The first-order chi connectivity index (χ1) is 21.0. The molecule has 1 unspecified atom stereocenters. The van der Waals surface area contributed by atoms with Crippen LogP contribution in [0.2, 0.25) is 4.34 Å². The van der Waals surface area contributed by atoms with E-state index in [1.165, 1.54) is 18.7 Å². The lowest BCUT2D eigenvalue weighted by Crippen LogP contribution is -2.71. The maximum Gasteiger partial charge on any atom is 0.352 e. The summed E-state index contributed by atoms with van der Waals surface area (Å²) in [5.41, 5.74) is 12.7. The first-order valence-electron chi connectivity index (χ1n) is 13.1. The molecule has 0 spiro atoms. The van der Waals surface area contributed by atoms with E-state index < -0.39 is 47.0 Å². The molecule has 2 aliphatic heterocycles. The molecule has 16 nitrogen and oxygen atoms in total. The molecule has 7 N–H and O–H groups in total. The van der Waals surface area contributed by atoms with Crippen molar-refractivity contribution in [2.24, 2.45) is 10.9 Å². The van der Waals surface area contributed by atoms with Crippen molar-refractivity contribution in [3.8, 4) is 0 Å². The highest BCUT2D eigenvalue weighted by Crippen LogP contribution is 2.40. The van der Waals surface area contributed by atoms with Gasteiger partial charge in [-0.15, -0.1) is 11.8 Å². The number of imidazole rings is 1. The molecule has 2 amide bonds. The maximum absolute atomic E-state index is 13.3. The predicted octanol–water partition coefficient (Wildman–Crippen LogP) is -0.00270. The number of thiazole rings is 1. The van der Waals surface area contributed by atoms with E-state index >= 15 is 0 Å². The molecule has 3 aromatic rings. The zero-order valence-corrected chi connectivity index (χ0v) is 25.4. The van der Waals surface area contributed by atoms with Gasteiger partial charge in [0.05, 0.1) is 11.8 Å². The van der Waals surface area contributed by atoms with Gasteiger partial charge in [-0.25, -0.2) is 19.6 Å². The number of aryl methyl sites for hydroxylation is 1. The number of β-lactam (4-membered cyclic amide) rings is 1. The van der Waals surface area contributed by atoms with Gasteiger partial charge in [0.15, 0.2) is 35.3 Å². The normalized spacial score (nSPS) is 19.0.